The van der Waals surface area contributed by atoms with Gasteiger partial charge in [-0.25, -0.2) is 8.42 Å². The fourth-order valence-electron chi connectivity index (χ4n) is 1.81. The molecule has 0 fully saturated rings. The van der Waals surface area contributed by atoms with E-state index >= 15 is 0 Å². The van der Waals surface area contributed by atoms with Crippen LogP contribution in [0.2, 0.25) is 0 Å². The molecule has 112 valence electrons. The first kappa shape index (κ1) is 16.8. The Kier molecular flexibility index (Phi) is 6.32. The number of rotatable bonds is 8. The molecule has 1 aromatic carbocycles. The molecule has 0 saturated carbocycles. The summed E-state index contributed by atoms with van der Waals surface area (Å²) in [5.41, 5.74) is 0.478. The first-order valence-electron chi connectivity index (χ1n) is 6.65. The van der Waals surface area contributed by atoms with Crippen LogP contribution in [0.5, 0.6) is 0 Å². The first-order valence-corrected chi connectivity index (χ1v) is 8.09. The Balaban J connectivity index is 3.02. The van der Waals surface area contributed by atoms with Gasteiger partial charge in [0, 0.05) is 18.7 Å². The third-order valence-corrected chi connectivity index (χ3v) is 4.92. The normalized spacial score (nSPS) is 11.8. The van der Waals surface area contributed by atoms with Gasteiger partial charge < -0.3 is 5.11 Å². The Morgan fingerprint density at radius 3 is 2.25 bits per heavy atom. The molecule has 0 atom stereocenters. The average Bonchev–Trinajstić information content (AvgIpc) is 2.43. The van der Waals surface area contributed by atoms with Gasteiger partial charge in [0.15, 0.2) is 5.78 Å². The summed E-state index contributed by atoms with van der Waals surface area (Å²) < 4.78 is 26.2. The molecule has 5 nitrogen and oxygen atoms in total. The lowest BCUT2D eigenvalue weighted by molar-refractivity contribution is 0.101. The molecule has 0 radical (unpaired) electrons. The maximum absolute atomic E-state index is 12.4. The minimum Gasteiger partial charge on any atom is -0.395 e. The van der Waals surface area contributed by atoms with Gasteiger partial charge in [-0.15, -0.1) is 0 Å². The van der Waals surface area contributed by atoms with E-state index in [0.29, 0.717) is 12.1 Å². The SMILES string of the molecule is CCCCN(CCO)S(=O)(=O)c1ccc(C(C)=O)cc1. The first-order chi connectivity index (χ1) is 9.43. The number of carbonyl (C=O) groups excluding carboxylic acids is 1. The highest BCUT2D eigenvalue weighted by molar-refractivity contribution is 7.89. The van der Waals surface area contributed by atoms with Crippen molar-refractivity contribution in [1.29, 1.82) is 0 Å². The zero-order valence-corrected chi connectivity index (χ0v) is 12.7. The molecule has 1 N–H and O–H groups in total. The van der Waals surface area contributed by atoms with Crippen molar-refractivity contribution in [1.82, 2.24) is 4.31 Å². The monoisotopic (exact) mass is 299 g/mol. The van der Waals surface area contributed by atoms with Crippen LogP contribution >= 0.6 is 0 Å². The Labute approximate surface area is 120 Å². The Morgan fingerprint density at radius 1 is 1.20 bits per heavy atom. The number of hydrogen-bond donors (Lipinski definition) is 1. The zero-order valence-electron chi connectivity index (χ0n) is 11.9. The Morgan fingerprint density at radius 2 is 1.80 bits per heavy atom. The summed E-state index contributed by atoms with van der Waals surface area (Å²) in [5, 5.41) is 9.01. The molecule has 0 unspecified atom stereocenters. The molecule has 0 aliphatic heterocycles. The van der Waals surface area contributed by atoms with E-state index < -0.39 is 10.0 Å². The van der Waals surface area contributed by atoms with E-state index in [2.05, 4.69) is 0 Å². The molecule has 0 aliphatic carbocycles. The zero-order chi connectivity index (χ0) is 15.2. The van der Waals surface area contributed by atoms with Gasteiger partial charge in [0.2, 0.25) is 10.0 Å². The van der Waals surface area contributed by atoms with Crippen molar-refractivity contribution in [2.24, 2.45) is 0 Å². The number of benzene rings is 1. The summed E-state index contributed by atoms with van der Waals surface area (Å²) in [4.78, 5) is 11.3. The number of aliphatic hydroxyl groups excluding tert-OH is 1. The summed E-state index contributed by atoms with van der Waals surface area (Å²) in [7, 11) is -3.62. The molecule has 1 aromatic rings. The van der Waals surface area contributed by atoms with Gasteiger partial charge in [-0.2, -0.15) is 4.31 Å². The second-order valence-corrected chi connectivity index (χ2v) is 6.50. The number of ketones is 1. The summed E-state index contributed by atoms with van der Waals surface area (Å²) in [5.74, 6) is -0.104. The van der Waals surface area contributed by atoms with Crippen molar-refractivity contribution in [3.05, 3.63) is 29.8 Å². The van der Waals surface area contributed by atoms with Crippen LogP contribution in [0, 0.1) is 0 Å². The smallest absolute Gasteiger partial charge is 0.243 e. The van der Waals surface area contributed by atoms with Crippen molar-refractivity contribution < 1.29 is 18.3 Å². The molecular formula is C14H21NO4S. The van der Waals surface area contributed by atoms with E-state index in [-0.39, 0.29) is 23.8 Å². The van der Waals surface area contributed by atoms with E-state index in [4.69, 9.17) is 5.11 Å². The van der Waals surface area contributed by atoms with Gasteiger partial charge in [-0.05, 0) is 25.5 Å². The molecular weight excluding hydrogens is 278 g/mol. The summed E-state index contributed by atoms with van der Waals surface area (Å²) in [6.45, 7) is 3.66. The maximum Gasteiger partial charge on any atom is 0.243 e. The van der Waals surface area contributed by atoms with Crippen LogP contribution in [0.1, 0.15) is 37.0 Å². The molecule has 0 amide bonds. The predicted octanol–water partition coefficient (Wildman–Crippen LogP) is 1.67. The van der Waals surface area contributed by atoms with Crippen LogP contribution in [0.15, 0.2) is 29.2 Å². The molecule has 0 aromatic heterocycles. The lowest BCUT2D eigenvalue weighted by atomic mass is 10.2. The molecule has 20 heavy (non-hydrogen) atoms. The highest BCUT2D eigenvalue weighted by Gasteiger charge is 2.23. The van der Waals surface area contributed by atoms with Crippen LogP contribution in [0.25, 0.3) is 0 Å². The lowest BCUT2D eigenvalue weighted by Crippen LogP contribution is -2.34. The third-order valence-electron chi connectivity index (χ3n) is 3.01. The minimum absolute atomic E-state index is 0.0802. The van der Waals surface area contributed by atoms with Gasteiger partial charge in [0.1, 0.15) is 0 Å². The van der Waals surface area contributed by atoms with Crippen LogP contribution in [0.3, 0.4) is 0 Å². The van der Waals surface area contributed by atoms with E-state index in [9.17, 15) is 13.2 Å². The van der Waals surface area contributed by atoms with Gasteiger partial charge in [-0.1, -0.05) is 25.5 Å². The van der Waals surface area contributed by atoms with Gasteiger partial charge in [-0.3, -0.25) is 4.79 Å². The summed E-state index contributed by atoms with van der Waals surface area (Å²) in [6, 6.07) is 5.88. The van der Waals surface area contributed by atoms with E-state index in [0.717, 1.165) is 12.8 Å². The standard InChI is InChI=1S/C14H21NO4S/c1-3-4-9-15(10-11-16)20(18,19)14-7-5-13(6-8-14)12(2)17/h5-8,16H,3-4,9-11H2,1-2H3. The molecule has 0 heterocycles. The molecule has 0 saturated heterocycles. The van der Waals surface area contributed by atoms with E-state index in [1.54, 1.807) is 0 Å². The number of hydrogen-bond acceptors (Lipinski definition) is 4. The van der Waals surface area contributed by atoms with Crippen molar-refractivity contribution in [3.63, 3.8) is 0 Å². The second-order valence-electron chi connectivity index (χ2n) is 4.56. The largest absolute Gasteiger partial charge is 0.395 e. The number of nitrogens with zero attached hydrogens (tertiary/aromatic N) is 1. The highest BCUT2D eigenvalue weighted by Crippen LogP contribution is 2.17. The number of unbranched alkanes of at least 4 members (excludes halogenated alkanes) is 1. The fraction of sp³-hybridized carbons (Fsp3) is 0.500. The second kappa shape index (κ2) is 7.52. The van der Waals surface area contributed by atoms with Crippen LogP contribution in [-0.4, -0.2) is 43.3 Å². The maximum atomic E-state index is 12.4. The van der Waals surface area contributed by atoms with E-state index in [1.165, 1.54) is 35.5 Å². The molecule has 0 spiro atoms. The Hall–Kier alpha value is -1.24. The third kappa shape index (κ3) is 4.13. The van der Waals surface area contributed by atoms with Crippen molar-refractivity contribution in [2.75, 3.05) is 19.7 Å². The van der Waals surface area contributed by atoms with Crippen LogP contribution in [-0.2, 0) is 10.0 Å². The average molecular weight is 299 g/mol. The number of carbonyl (C=O) groups is 1. The van der Waals surface area contributed by atoms with E-state index in [1.807, 2.05) is 6.92 Å². The topological polar surface area (TPSA) is 74.7 Å². The predicted molar refractivity (Wildman–Crippen MR) is 77.2 cm³/mol. The molecule has 0 aliphatic rings. The van der Waals surface area contributed by atoms with Crippen molar-refractivity contribution >= 4 is 15.8 Å². The number of sulfonamides is 1. The quantitative estimate of drug-likeness (QED) is 0.741. The fourth-order valence-corrected chi connectivity index (χ4v) is 3.28. The van der Waals surface area contributed by atoms with Crippen molar-refractivity contribution in [3.8, 4) is 0 Å². The summed E-state index contributed by atoms with van der Waals surface area (Å²) in [6.07, 6.45) is 1.62. The van der Waals surface area contributed by atoms with Crippen LogP contribution < -0.4 is 0 Å². The number of Topliss-reactive ketones (excluding diaryl/α,β-unsaturated/α-hetero) is 1. The van der Waals surface area contributed by atoms with Gasteiger partial charge in [0.25, 0.3) is 0 Å². The lowest BCUT2D eigenvalue weighted by Gasteiger charge is -2.21. The number of aliphatic hydroxyl groups is 1. The van der Waals surface area contributed by atoms with Crippen molar-refractivity contribution in [2.45, 2.75) is 31.6 Å². The van der Waals surface area contributed by atoms with Crippen LogP contribution in [0.4, 0.5) is 0 Å². The molecule has 0 bridgehead atoms. The minimum atomic E-state index is -3.62. The van der Waals surface area contributed by atoms with Gasteiger partial charge >= 0.3 is 0 Å². The summed E-state index contributed by atoms with van der Waals surface area (Å²) >= 11 is 0. The molecule has 6 heteroatoms. The molecule has 1 rings (SSSR count). The van der Waals surface area contributed by atoms with Gasteiger partial charge in [0.05, 0.1) is 11.5 Å². The highest BCUT2D eigenvalue weighted by atomic mass is 32.2. The Bertz CT molecular complexity index is 537.